The highest BCUT2D eigenvalue weighted by Crippen LogP contribution is 2.16. The monoisotopic (exact) mass is 280 g/mol. The van der Waals surface area contributed by atoms with Crippen LogP contribution < -0.4 is 5.73 Å². The number of aromatic nitrogens is 2. The van der Waals surface area contributed by atoms with E-state index in [0.717, 1.165) is 10.7 Å². The van der Waals surface area contributed by atoms with Gasteiger partial charge >= 0.3 is 0 Å². The van der Waals surface area contributed by atoms with E-state index in [1.54, 1.807) is 7.05 Å². The van der Waals surface area contributed by atoms with Crippen LogP contribution in [0.2, 0.25) is 0 Å². The third kappa shape index (κ3) is 2.87. The van der Waals surface area contributed by atoms with Crippen molar-refractivity contribution in [2.24, 2.45) is 0 Å². The molecule has 2 aromatic heterocycles. The summed E-state index contributed by atoms with van der Waals surface area (Å²) < 4.78 is 13.7. The lowest BCUT2D eigenvalue weighted by Crippen LogP contribution is -2.27. The average molecular weight is 280 g/mol. The largest absolute Gasteiger partial charge is 0.381 e. The van der Waals surface area contributed by atoms with Crippen molar-refractivity contribution in [2.45, 2.75) is 13.5 Å². The summed E-state index contributed by atoms with van der Waals surface area (Å²) in [6.07, 6.45) is 1.31. The first-order chi connectivity index (χ1) is 8.99. The number of nitrogen functional groups attached to an aromatic ring is 1. The van der Waals surface area contributed by atoms with Crippen molar-refractivity contribution < 1.29 is 9.18 Å². The molecule has 0 atom stereocenters. The van der Waals surface area contributed by atoms with Gasteiger partial charge in [-0.2, -0.15) is 0 Å². The lowest BCUT2D eigenvalue weighted by atomic mass is 10.2. The number of aryl methyl sites for hydroxylation is 1. The zero-order valence-corrected chi connectivity index (χ0v) is 11.4. The molecule has 0 saturated carbocycles. The van der Waals surface area contributed by atoms with Crippen LogP contribution in [0.15, 0.2) is 17.6 Å². The normalized spacial score (nSPS) is 10.5. The number of carbonyl (C=O) groups is 1. The van der Waals surface area contributed by atoms with Gasteiger partial charge in [-0.15, -0.1) is 11.3 Å². The number of anilines is 1. The van der Waals surface area contributed by atoms with E-state index in [-0.39, 0.29) is 11.4 Å². The first-order valence-electron chi connectivity index (χ1n) is 5.55. The molecule has 2 aromatic rings. The van der Waals surface area contributed by atoms with Gasteiger partial charge in [0.2, 0.25) is 0 Å². The standard InChI is InChI=1S/C12H13FN4OS/c1-7-16-8(6-19-7)5-17(2)12(18)9-3-4-15-11(14)10(9)13/h3-4,6H,5H2,1-2H3,(H2,14,15). The number of nitrogens with two attached hydrogens (primary N) is 1. The SMILES string of the molecule is Cc1nc(CN(C)C(=O)c2ccnc(N)c2F)cs1. The fourth-order valence-electron chi connectivity index (χ4n) is 1.63. The van der Waals surface area contributed by atoms with E-state index in [1.165, 1.54) is 28.5 Å². The van der Waals surface area contributed by atoms with Crippen molar-refractivity contribution in [2.75, 3.05) is 12.8 Å². The molecule has 7 heteroatoms. The van der Waals surface area contributed by atoms with Gasteiger partial charge in [-0.1, -0.05) is 0 Å². The molecule has 0 unspecified atom stereocenters. The van der Waals surface area contributed by atoms with Crippen molar-refractivity contribution in [3.8, 4) is 0 Å². The van der Waals surface area contributed by atoms with Crippen molar-refractivity contribution in [1.82, 2.24) is 14.9 Å². The van der Waals surface area contributed by atoms with Crippen LogP contribution in [0, 0.1) is 12.7 Å². The summed E-state index contributed by atoms with van der Waals surface area (Å²) in [5, 5.41) is 2.80. The second-order valence-corrected chi connectivity index (χ2v) is 5.14. The van der Waals surface area contributed by atoms with E-state index in [4.69, 9.17) is 5.73 Å². The molecule has 2 N–H and O–H groups in total. The summed E-state index contributed by atoms with van der Waals surface area (Å²) in [5.41, 5.74) is 6.04. The Morgan fingerprint density at radius 1 is 1.58 bits per heavy atom. The average Bonchev–Trinajstić information content (AvgIpc) is 2.77. The first kappa shape index (κ1) is 13.4. The van der Waals surface area contributed by atoms with Gasteiger partial charge in [0.15, 0.2) is 11.6 Å². The fraction of sp³-hybridized carbons (Fsp3) is 0.250. The predicted molar refractivity (Wildman–Crippen MR) is 71.3 cm³/mol. The summed E-state index contributed by atoms with van der Waals surface area (Å²) in [6, 6.07) is 1.32. The number of carbonyl (C=O) groups excluding carboxylic acids is 1. The van der Waals surface area contributed by atoms with Crippen LogP contribution in [0.25, 0.3) is 0 Å². The summed E-state index contributed by atoms with van der Waals surface area (Å²) in [4.78, 5) is 21.4. The van der Waals surface area contributed by atoms with Crippen LogP contribution in [0.5, 0.6) is 0 Å². The second-order valence-electron chi connectivity index (χ2n) is 4.08. The number of rotatable bonds is 3. The molecule has 0 aliphatic rings. The Balaban J connectivity index is 2.17. The number of pyridine rings is 1. The van der Waals surface area contributed by atoms with Crippen LogP contribution in [-0.2, 0) is 6.54 Å². The summed E-state index contributed by atoms with van der Waals surface area (Å²) in [6.45, 7) is 2.21. The number of thiazole rings is 1. The van der Waals surface area contributed by atoms with Gasteiger partial charge in [0.25, 0.3) is 5.91 Å². The topological polar surface area (TPSA) is 72.1 Å². The van der Waals surface area contributed by atoms with Crippen molar-refractivity contribution in [3.05, 3.63) is 39.7 Å². The molecule has 0 aliphatic heterocycles. The van der Waals surface area contributed by atoms with Gasteiger partial charge in [0.05, 0.1) is 22.8 Å². The van der Waals surface area contributed by atoms with Crippen LogP contribution in [0.3, 0.4) is 0 Å². The Bertz CT molecular complexity index is 614. The minimum atomic E-state index is -0.784. The van der Waals surface area contributed by atoms with Crippen LogP contribution in [0.1, 0.15) is 21.1 Å². The fourth-order valence-corrected chi connectivity index (χ4v) is 2.23. The van der Waals surface area contributed by atoms with E-state index >= 15 is 0 Å². The van der Waals surface area contributed by atoms with Crippen LogP contribution in [-0.4, -0.2) is 27.8 Å². The highest BCUT2D eigenvalue weighted by molar-refractivity contribution is 7.09. The maximum Gasteiger partial charge on any atom is 0.257 e. The van der Waals surface area contributed by atoms with Crippen LogP contribution in [0.4, 0.5) is 10.2 Å². The van der Waals surface area contributed by atoms with E-state index in [1.807, 2.05) is 12.3 Å². The summed E-state index contributed by atoms with van der Waals surface area (Å²) >= 11 is 1.51. The molecule has 0 saturated heterocycles. The van der Waals surface area contributed by atoms with Crippen molar-refractivity contribution in [1.29, 1.82) is 0 Å². The van der Waals surface area contributed by atoms with Crippen LogP contribution >= 0.6 is 11.3 Å². The highest BCUT2D eigenvalue weighted by atomic mass is 32.1. The lowest BCUT2D eigenvalue weighted by Gasteiger charge is -2.16. The number of nitrogens with zero attached hydrogens (tertiary/aromatic N) is 3. The lowest BCUT2D eigenvalue weighted by molar-refractivity contribution is 0.0779. The molecule has 0 spiro atoms. The molecule has 5 nitrogen and oxygen atoms in total. The second kappa shape index (κ2) is 5.31. The van der Waals surface area contributed by atoms with Gasteiger partial charge in [-0.25, -0.2) is 14.4 Å². The molecule has 2 heterocycles. The Morgan fingerprint density at radius 2 is 2.32 bits per heavy atom. The maximum absolute atomic E-state index is 13.7. The molecule has 0 fully saturated rings. The van der Waals surface area contributed by atoms with Crippen molar-refractivity contribution >= 4 is 23.1 Å². The molecule has 0 bridgehead atoms. The van der Waals surface area contributed by atoms with E-state index < -0.39 is 11.7 Å². The molecule has 0 radical (unpaired) electrons. The zero-order chi connectivity index (χ0) is 14.0. The quantitative estimate of drug-likeness (QED) is 0.931. The minimum absolute atomic E-state index is 0.0815. The van der Waals surface area contributed by atoms with Gasteiger partial charge in [-0.3, -0.25) is 4.79 Å². The summed E-state index contributed by atoms with van der Waals surface area (Å²) in [5.74, 6) is -1.50. The highest BCUT2D eigenvalue weighted by Gasteiger charge is 2.19. The van der Waals surface area contributed by atoms with Gasteiger partial charge in [-0.05, 0) is 13.0 Å². The molecule has 2 rings (SSSR count). The molecular formula is C12H13FN4OS. The smallest absolute Gasteiger partial charge is 0.257 e. The number of hydrogen-bond donors (Lipinski definition) is 1. The van der Waals surface area contributed by atoms with E-state index in [9.17, 15) is 9.18 Å². The van der Waals surface area contributed by atoms with E-state index in [2.05, 4.69) is 9.97 Å². The molecule has 19 heavy (non-hydrogen) atoms. The molecule has 1 amide bonds. The zero-order valence-electron chi connectivity index (χ0n) is 10.6. The molecular weight excluding hydrogens is 267 g/mol. The maximum atomic E-state index is 13.7. The number of amides is 1. The van der Waals surface area contributed by atoms with Gasteiger partial charge in [0.1, 0.15) is 0 Å². The third-order valence-electron chi connectivity index (χ3n) is 2.56. The Kier molecular flexibility index (Phi) is 3.75. The predicted octanol–water partition coefficient (Wildman–Crippen LogP) is 1.84. The molecule has 100 valence electrons. The van der Waals surface area contributed by atoms with E-state index in [0.29, 0.717) is 6.54 Å². The minimum Gasteiger partial charge on any atom is -0.381 e. The molecule has 0 aliphatic carbocycles. The number of halogens is 1. The Hall–Kier alpha value is -2.02. The first-order valence-corrected chi connectivity index (χ1v) is 6.43. The summed E-state index contributed by atoms with van der Waals surface area (Å²) in [7, 11) is 1.59. The third-order valence-corrected chi connectivity index (χ3v) is 3.38. The Labute approximate surface area is 113 Å². The Morgan fingerprint density at radius 3 is 2.95 bits per heavy atom. The van der Waals surface area contributed by atoms with Crippen molar-refractivity contribution in [3.63, 3.8) is 0 Å². The molecule has 0 aromatic carbocycles. The number of hydrogen-bond acceptors (Lipinski definition) is 5. The van der Waals surface area contributed by atoms with Gasteiger partial charge < -0.3 is 10.6 Å². The van der Waals surface area contributed by atoms with Gasteiger partial charge in [0, 0.05) is 18.6 Å².